The highest BCUT2D eigenvalue weighted by Crippen LogP contribution is 2.24. The summed E-state index contributed by atoms with van der Waals surface area (Å²) in [7, 11) is 0. The lowest BCUT2D eigenvalue weighted by Crippen LogP contribution is -2.47. The molecule has 0 aliphatic carbocycles. The van der Waals surface area contributed by atoms with Crippen molar-refractivity contribution in [2.45, 2.75) is 0 Å². The molecule has 0 radical (unpaired) electrons. The fourth-order valence-corrected chi connectivity index (χ4v) is 3.12. The van der Waals surface area contributed by atoms with Gasteiger partial charge in [0.05, 0.1) is 12.1 Å². The number of hydrogen-bond acceptors (Lipinski definition) is 5. The highest BCUT2D eigenvalue weighted by atomic mass is 32.2. The number of rotatable bonds is 4. The molecule has 0 spiro atoms. The van der Waals surface area contributed by atoms with Gasteiger partial charge in [-0.15, -0.1) is 0 Å². The fraction of sp³-hybridized carbons (Fsp3) is 0.333. The smallest absolute Gasteiger partial charge is 0.133 e. The Bertz CT molecular complexity index is 590. The van der Waals surface area contributed by atoms with Gasteiger partial charge in [0.25, 0.3) is 0 Å². The van der Waals surface area contributed by atoms with E-state index in [1.54, 1.807) is 6.26 Å². The monoisotopic (exact) mass is 305 g/mol. The molecule has 1 atom stereocenters. The second-order valence-corrected chi connectivity index (χ2v) is 5.93. The molecule has 3 rings (SSSR count). The molecule has 1 aromatic heterocycles. The highest BCUT2D eigenvalue weighted by molar-refractivity contribution is 7.79. The molecule has 6 heteroatoms. The van der Waals surface area contributed by atoms with E-state index in [1.165, 1.54) is 0 Å². The third-order valence-electron chi connectivity index (χ3n) is 3.70. The summed E-state index contributed by atoms with van der Waals surface area (Å²) in [5.41, 5.74) is 2.22. The van der Waals surface area contributed by atoms with Gasteiger partial charge in [0.2, 0.25) is 0 Å². The van der Waals surface area contributed by atoms with Gasteiger partial charge in [0, 0.05) is 37.4 Å². The first-order valence-electron chi connectivity index (χ1n) is 6.89. The third-order valence-corrected chi connectivity index (χ3v) is 4.27. The van der Waals surface area contributed by atoms with E-state index >= 15 is 0 Å². The topological polar surface area (TPSA) is 59.8 Å². The van der Waals surface area contributed by atoms with Crippen LogP contribution in [-0.4, -0.2) is 45.7 Å². The molecular formula is C15H17N2O3S-. The van der Waals surface area contributed by atoms with Gasteiger partial charge in [-0.05, 0) is 47.5 Å². The lowest BCUT2D eigenvalue weighted by Gasteiger charge is -2.36. The van der Waals surface area contributed by atoms with Crippen molar-refractivity contribution in [3.8, 4) is 11.3 Å². The van der Waals surface area contributed by atoms with E-state index in [0.717, 1.165) is 43.2 Å². The number of anilines is 1. The highest BCUT2D eigenvalue weighted by Gasteiger charge is 2.17. The molecule has 112 valence electrons. The lowest BCUT2D eigenvalue weighted by molar-refractivity contribution is 0.291. The zero-order valence-corrected chi connectivity index (χ0v) is 12.4. The molecular weight excluding hydrogens is 288 g/mol. The lowest BCUT2D eigenvalue weighted by atomic mass is 10.1. The molecule has 5 nitrogen and oxygen atoms in total. The normalized spacial score (nSPS) is 17.9. The van der Waals surface area contributed by atoms with Crippen molar-refractivity contribution in [3.05, 3.63) is 42.7 Å². The van der Waals surface area contributed by atoms with E-state index in [1.807, 2.05) is 29.2 Å². The van der Waals surface area contributed by atoms with Gasteiger partial charge in [-0.2, -0.15) is 0 Å². The molecule has 1 saturated heterocycles. The Morgan fingerprint density at radius 2 is 1.81 bits per heavy atom. The van der Waals surface area contributed by atoms with E-state index in [0.29, 0.717) is 0 Å². The molecule has 0 saturated carbocycles. The largest absolute Gasteiger partial charge is 0.771 e. The first-order valence-corrected chi connectivity index (χ1v) is 8.14. The Balaban J connectivity index is 1.62. The van der Waals surface area contributed by atoms with Gasteiger partial charge in [0.1, 0.15) is 5.76 Å². The molecule has 2 aromatic rings. The predicted octanol–water partition coefficient (Wildman–Crippen LogP) is 1.91. The quantitative estimate of drug-likeness (QED) is 0.808. The summed E-state index contributed by atoms with van der Waals surface area (Å²) in [6.45, 7) is 3.23. The third kappa shape index (κ3) is 3.53. The van der Waals surface area contributed by atoms with E-state index in [-0.39, 0.29) is 5.88 Å². The maximum Gasteiger partial charge on any atom is 0.133 e. The SMILES string of the molecule is O=S([O-])CN1CCN(c2ccc(-c3ccco3)cc2)CC1. The van der Waals surface area contributed by atoms with Crippen LogP contribution in [0.1, 0.15) is 0 Å². The summed E-state index contributed by atoms with van der Waals surface area (Å²) in [5.74, 6) is 0.995. The van der Waals surface area contributed by atoms with Crippen LogP contribution >= 0.6 is 0 Å². The minimum atomic E-state index is -1.99. The summed E-state index contributed by atoms with van der Waals surface area (Å²) in [5, 5.41) is 0. The molecule has 1 aliphatic rings. The van der Waals surface area contributed by atoms with Crippen molar-refractivity contribution in [1.29, 1.82) is 0 Å². The van der Waals surface area contributed by atoms with Gasteiger partial charge in [0.15, 0.2) is 0 Å². The standard InChI is InChI=1S/C15H18N2O3S/c18-21(19)12-16-7-9-17(10-8-16)14-5-3-13(4-6-14)15-2-1-11-20-15/h1-6,11H,7-10,12H2,(H,18,19)/p-1. The van der Waals surface area contributed by atoms with Gasteiger partial charge < -0.3 is 13.9 Å². The zero-order chi connectivity index (χ0) is 14.7. The summed E-state index contributed by atoms with van der Waals surface area (Å²) >= 11 is -1.99. The zero-order valence-electron chi connectivity index (χ0n) is 11.6. The molecule has 1 unspecified atom stereocenters. The second-order valence-electron chi connectivity index (χ2n) is 5.06. The first-order chi connectivity index (χ1) is 10.2. The number of piperazine rings is 1. The Morgan fingerprint density at radius 1 is 1.10 bits per heavy atom. The predicted molar refractivity (Wildman–Crippen MR) is 81.7 cm³/mol. The summed E-state index contributed by atoms with van der Waals surface area (Å²) in [6.07, 6.45) is 1.67. The van der Waals surface area contributed by atoms with Gasteiger partial charge in [-0.25, -0.2) is 0 Å². The van der Waals surface area contributed by atoms with Crippen molar-refractivity contribution in [2.24, 2.45) is 0 Å². The number of nitrogens with zero attached hydrogens (tertiary/aromatic N) is 2. The first kappa shape index (κ1) is 14.3. The number of furan rings is 1. The van der Waals surface area contributed by atoms with E-state index in [2.05, 4.69) is 17.0 Å². The molecule has 1 aliphatic heterocycles. The van der Waals surface area contributed by atoms with E-state index in [4.69, 9.17) is 4.42 Å². The van der Waals surface area contributed by atoms with E-state index < -0.39 is 11.1 Å². The molecule has 2 heterocycles. The molecule has 0 bridgehead atoms. The number of hydrogen-bond donors (Lipinski definition) is 0. The van der Waals surface area contributed by atoms with Crippen LogP contribution < -0.4 is 4.90 Å². The minimum Gasteiger partial charge on any atom is -0.771 e. The van der Waals surface area contributed by atoms with Gasteiger partial charge in [-0.3, -0.25) is 9.11 Å². The number of benzene rings is 1. The molecule has 1 aromatic carbocycles. The Morgan fingerprint density at radius 3 is 2.38 bits per heavy atom. The maximum absolute atomic E-state index is 10.7. The van der Waals surface area contributed by atoms with Crippen molar-refractivity contribution >= 4 is 16.8 Å². The average molecular weight is 305 g/mol. The molecule has 1 fully saturated rings. The Hall–Kier alpha value is -1.63. The van der Waals surface area contributed by atoms with Crippen LogP contribution in [0.25, 0.3) is 11.3 Å². The van der Waals surface area contributed by atoms with Crippen LogP contribution in [0, 0.1) is 0 Å². The van der Waals surface area contributed by atoms with Crippen molar-refractivity contribution in [3.63, 3.8) is 0 Å². The second kappa shape index (κ2) is 6.43. The van der Waals surface area contributed by atoms with Gasteiger partial charge >= 0.3 is 0 Å². The Labute approximate surface area is 126 Å². The Kier molecular flexibility index (Phi) is 4.38. The van der Waals surface area contributed by atoms with Gasteiger partial charge in [-0.1, -0.05) is 0 Å². The summed E-state index contributed by atoms with van der Waals surface area (Å²) in [4.78, 5) is 4.23. The summed E-state index contributed by atoms with van der Waals surface area (Å²) < 4.78 is 26.8. The molecule has 21 heavy (non-hydrogen) atoms. The summed E-state index contributed by atoms with van der Waals surface area (Å²) in [6, 6.07) is 12.1. The van der Waals surface area contributed by atoms with Crippen LogP contribution in [0.5, 0.6) is 0 Å². The fourth-order valence-electron chi connectivity index (χ4n) is 2.56. The van der Waals surface area contributed by atoms with Crippen LogP contribution in [0.3, 0.4) is 0 Å². The van der Waals surface area contributed by atoms with Crippen LogP contribution in [0.15, 0.2) is 47.1 Å². The van der Waals surface area contributed by atoms with Crippen LogP contribution in [0.2, 0.25) is 0 Å². The minimum absolute atomic E-state index is 0.130. The average Bonchev–Trinajstić information content (AvgIpc) is 3.02. The molecule has 0 N–H and O–H groups in total. The van der Waals surface area contributed by atoms with Crippen molar-refractivity contribution < 1.29 is 13.2 Å². The van der Waals surface area contributed by atoms with Crippen LogP contribution in [0.4, 0.5) is 5.69 Å². The van der Waals surface area contributed by atoms with Crippen molar-refractivity contribution in [2.75, 3.05) is 37.0 Å². The van der Waals surface area contributed by atoms with Crippen LogP contribution in [-0.2, 0) is 11.1 Å². The molecule has 0 amide bonds. The van der Waals surface area contributed by atoms with E-state index in [9.17, 15) is 8.76 Å². The van der Waals surface area contributed by atoms with Crippen molar-refractivity contribution in [1.82, 2.24) is 4.90 Å². The maximum atomic E-state index is 10.7.